The first-order valence-electron chi connectivity index (χ1n) is 4.16. The van der Waals surface area contributed by atoms with E-state index in [0.29, 0.717) is 25.7 Å². The SMILES string of the molecule is CC(C)CC1(CN)OCCO1. The van der Waals surface area contributed by atoms with Crippen LogP contribution in [0.5, 0.6) is 0 Å². The number of rotatable bonds is 3. The Morgan fingerprint density at radius 1 is 1.36 bits per heavy atom. The van der Waals surface area contributed by atoms with E-state index in [1.165, 1.54) is 0 Å². The second-order valence-corrected chi connectivity index (χ2v) is 3.41. The summed E-state index contributed by atoms with van der Waals surface area (Å²) in [7, 11) is 0. The average Bonchev–Trinajstić information content (AvgIpc) is 2.36. The molecule has 1 heterocycles. The lowest BCUT2D eigenvalue weighted by atomic mass is 10.0. The maximum Gasteiger partial charge on any atom is 0.180 e. The highest BCUT2D eigenvalue weighted by molar-refractivity contribution is 4.76. The fourth-order valence-corrected chi connectivity index (χ4v) is 1.44. The van der Waals surface area contributed by atoms with E-state index >= 15 is 0 Å². The summed E-state index contributed by atoms with van der Waals surface area (Å²) in [5.74, 6) is 0.102. The second-order valence-electron chi connectivity index (χ2n) is 3.41. The van der Waals surface area contributed by atoms with Crippen LogP contribution in [0.2, 0.25) is 0 Å². The van der Waals surface area contributed by atoms with Gasteiger partial charge in [0.05, 0.1) is 13.2 Å². The Labute approximate surface area is 67.9 Å². The fraction of sp³-hybridized carbons (Fsp3) is 1.00. The summed E-state index contributed by atoms with van der Waals surface area (Å²) in [4.78, 5) is 0. The van der Waals surface area contributed by atoms with E-state index < -0.39 is 5.79 Å². The molecule has 0 unspecified atom stereocenters. The molecule has 0 spiro atoms. The molecule has 0 aromatic carbocycles. The van der Waals surface area contributed by atoms with Gasteiger partial charge >= 0.3 is 0 Å². The van der Waals surface area contributed by atoms with Crippen molar-refractivity contribution in [2.24, 2.45) is 11.7 Å². The maximum atomic E-state index is 5.57. The van der Waals surface area contributed by atoms with E-state index in [-0.39, 0.29) is 0 Å². The van der Waals surface area contributed by atoms with Crippen LogP contribution < -0.4 is 5.73 Å². The number of nitrogens with two attached hydrogens (primary N) is 1. The summed E-state index contributed by atoms with van der Waals surface area (Å²) in [5.41, 5.74) is 5.57. The minimum absolute atomic E-state index is 0.463. The third-order valence-electron chi connectivity index (χ3n) is 1.84. The number of ether oxygens (including phenoxy) is 2. The molecule has 66 valence electrons. The Morgan fingerprint density at radius 2 is 1.91 bits per heavy atom. The van der Waals surface area contributed by atoms with Crippen molar-refractivity contribution in [2.75, 3.05) is 19.8 Å². The van der Waals surface area contributed by atoms with E-state index in [4.69, 9.17) is 15.2 Å². The van der Waals surface area contributed by atoms with Gasteiger partial charge in [-0.1, -0.05) is 13.8 Å². The third-order valence-corrected chi connectivity index (χ3v) is 1.84. The predicted octanol–water partition coefficient (Wildman–Crippen LogP) is 0.734. The molecule has 0 aromatic rings. The molecule has 0 bridgehead atoms. The van der Waals surface area contributed by atoms with E-state index in [0.717, 1.165) is 6.42 Å². The molecule has 1 aliphatic rings. The molecule has 1 aliphatic heterocycles. The lowest BCUT2D eigenvalue weighted by Gasteiger charge is -2.27. The quantitative estimate of drug-likeness (QED) is 0.660. The standard InChI is InChI=1S/C8H17NO2/c1-7(2)5-8(6-9)10-3-4-11-8/h7H,3-6,9H2,1-2H3. The molecule has 0 amide bonds. The Kier molecular flexibility index (Phi) is 2.87. The van der Waals surface area contributed by atoms with Crippen molar-refractivity contribution in [3.05, 3.63) is 0 Å². The van der Waals surface area contributed by atoms with Crippen LogP contribution in [0.3, 0.4) is 0 Å². The highest BCUT2D eigenvalue weighted by Crippen LogP contribution is 2.25. The molecular formula is C8H17NO2. The van der Waals surface area contributed by atoms with Gasteiger partial charge in [0, 0.05) is 13.0 Å². The maximum absolute atomic E-state index is 5.57. The largest absolute Gasteiger partial charge is 0.346 e. The summed E-state index contributed by atoms with van der Waals surface area (Å²) in [6.45, 7) is 6.12. The van der Waals surface area contributed by atoms with Crippen LogP contribution >= 0.6 is 0 Å². The highest BCUT2D eigenvalue weighted by atomic mass is 16.7. The zero-order valence-corrected chi connectivity index (χ0v) is 7.30. The molecule has 11 heavy (non-hydrogen) atoms. The van der Waals surface area contributed by atoms with Gasteiger partial charge in [-0.05, 0) is 5.92 Å². The van der Waals surface area contributed by atoms with Crippen LogP contribution in [-0.2, 0) is 9.47 Å². The number of hydrogen-bond acceptors (Lipinski definition) is 3. The topological polar surface area (TPSA) is 44.5 Å². The molecule has 0 aromatic heterocycles. The van der Waals surface area contributed by atoms with Gasteiger partial charge in [-0.2, -0.15) is 0 Å². The van der Waals surface area contributed by atoms with Gasteiger partial charge < -0.3 is 15.2 Å². The molecular weight excluding hydrogens is 142 g/mol. The molecule has 0 saturated carbocycles. The van der Waals surface area contributed by atoms with Crippen molar-refractivity contribution in [1.82, 2.24) is 0 Å². The van der Waals surface area contributed by atoms with Gasteiger partial charge in [-0.3, -0.25) is 0 Å². The Bertz CT molecular complexity index is 119. The van der Waals surface area contributed by atoms with Gasteiger partial charge in [0.15, 0.2) is 5.79 Å². The van der Waals surface area contributed by atoms with Crippen LogP contribution in [0.1, 0.15) is 20.3 Å². The molecule has 3 nitrogen and oxygen atoms in total. The second kappa shape index (κ2) is 3.52. The van der Waals surface area contributed by atoms with Gasteiger partial charge in [-0.15, -0.1) is 0 Å². The molecule has 3 heteroatoms. The summed E-state index contributed by atoms with van der Waals surface area (Å²) in [6.07, 6.45) is 0.892. The van der Waals surface area contributed by atoms with Crippen molar-refractivity contribution in [3.63, 3.8) is 0 Å². The van der Waals surface area contributed by atoms with E-state index in [9.17, 15) is 0 Å². The van der Waals surface area contributed by atoms with Gasteiger partial charge in [0.2, 0.25) is 0 Å². The van der Waals surface area contributed by atoms with Crippen LogP contribution in [0.15, 0.2) is 0 Å². The summed E-state index contributed by atoms with van der Waals surface area (Å²) in [6, 6.07) is 0. The lowest BCUT2D eigenvalue weighted by Crippen LogP contribution is -2.40. The minimum Gasteiger partial charge on any atom is -0.346 e. The van der Waals surface area contributed by atoms with Crippen LogP contribution in [0.4, 0.5) is 0 Å². The minimum atomic E-state index is -0.464. The van der Waals surface area contributed by atoms with Crippen LogP contribution in [-0.4, -0.2) is 25.5 Å². The molecule has 0 aliphatic carbocycles. The normalized spacial score (nSPS) is 22.9. The monoisotopic (exact) mass is 159 g/mol. The summed E-state index contributed by atoms with van der Waals surface area (Å²) in [5, 5.41) is 0. The van der Waals surface area contributed by atoms with Crippen molar-refractivity contribution in [2.45, 2.75) is 26.1 Å². The smallest absolute Gasteiger partial charge is 0.180 e. The average molecular weight is 159 g/mol. The molecule has 1 saturated heterocycles. The van der Waals surface area contributed by atoms with Crippen molar-refractivity contribution >= 4 is 0 Å². The first-order valence-corrected chi connectivity index (χ1v) is 4.16. The Morgan fingerprint density at radius 3 is 2.27 bits per heavy atom. The van der Waals surface area contributed by atoms with Crippen LogP contribution in [0.25, 0.3) is 0 Å². The Hall–Kier alpha value is -0.120. The Balaban J connectivity index is 2.45. The van der Waals surface area contributed by atoms with Gasteiger partial charge in [-0.25, -0.2) is 0 Å². The predicted molar refractivity (Wildman–Crippen MR) is 43.1 cm³/mol. The van der Waals surface area contributed by atoms with Crippen molar-refractivity contribution < 1.29 is 9.47 Å². The zero-order valence-electron chi connectivity index (χ0n) is 7.30. The first-order chi connectivity index (χ1) is 5.18. The molecule has 0 radical (unpaired) electrons. The first kappa shape index (κ1) is 8.97. The lowest BCUT2D eigenvalue weighted by molar-refractivity contribution is -0.159. The van der Waals surface area contributed by atoms with E-state index in [1.807, 2.05) is 0 Å². The van der Waals surface area contributed by atoms with Gasteiger partial charge in [0.25, 0.3) is 0 Å². The van der Waals surface area contributed by atoms with E-state index in [2.05, 4.69) is 13.8 Å². The highest BCUT2D eigenvalue weighted by Gasteiger charge is 2.35. The van der Waals surface area contributed by atoms with E-state index in [1.54, 1.807) is 0 Å². The third kappa shape index (κ3) is 2.15. The van der Waals surface area contributed by atoms with Gasteiger partial charge in [0.1, 0.15) is 0 Å². The molecule has 1 fully saturated rings. The molecule has 1 rings (SSSR count). The van der Waals surface area contributed by atoms with Crippen molar-refractivity contribution in [3.8, 4) is 0 Å². The molecule has 0 atom stereocenters. The molecule has 2 N–H and O–H groups in total. The zero-order chi connectivity index (χ0) is 8.32. The van der Waals surface area contributed by atoms with Crippen molar-refractivity contribution in [1.29, 1.82) is 0 Å². The summed E-state index contributed by atoms with van der Waals surface area (Å²) >= 11 is 0. The number of hydrogen-bond donors (Lipinski definition) is 1. The fourth-order valence-electron chi connectivity index (χ4n) is 1.44. The van der Waals surface area contributed by atoms with Crippen LogP contribution in [0, 0.1) is 5.92 Å². The summed E-state index contributed by atoms with van der Waals surface area (Å²) < 4.78 is 10.9.